The number of rotatable bonds is 9. The summed E-state index contributed by atoms with van der Waals surface area (Å²) >= 11 is 0. The van der Waals surface area contributed by atoms with Gasteiger partial charge >= 0.3 is 0 Å². The average Bonchev–Trinajstić information content (AvgIpc) is 2.83. The van der Waals surface area contributed by atoms with E-state index in [1.807, 2.05) is 73.7 Å². The van der Waals surface area contributed by atoms with Gasteiger partial charge in [0.2, 0.25) is 0 Å². The summed E-state index contributed by atoms with van der Waals surface area (Å²) in [5.41, 5.74) is 1.89. The van der Waals surface area contributed by atoms with E-state index in [9.17, 15) is 5.11 Å². The van der Waals surface area contributed by atoms with Crippen LogP contribution >= 0.6 is 0 Å². The lowest BCUT2D eigenvalue weighted by molar-refractivity contribution is -0.395. The van der Waals surface area contributed by atoms with Crippen LogP contribution in [0.3, 0.4) is 0 Å². The van der Waals surface area contributed by atoms with Crippen molar-refractivity contribution >= 4 is 0 Å². The fourth-order valence-electron chi connectivity index (χ4n) is 4.11. The van der Waals surface area contributed by atoms with Crippen LogP contribution in [0.2, 0.25) is 0 Å². The zero-order valence-electron chi connectivity index (χ0n) is 18.5. The Bertz CT molecular complexity index is 844. The molecule has 6 heteroatoms. The van der Waals surface area contributed by atoms with E-state index in [-0.39, 0.29) is 6.61 Å². The maximum atomic E-state index is 11.3. The van der Waals surface area contributed by atoms with Crippen LogP contribution < -0.4 is 0 Å². The molecule has 32 heavy (non-hydrogen) atoms. The van der Waals surface area contributed by atoms with Crippen molar-refractivity contribution in [3.05, 3.63) is 84.4 Å². The molecule has 2 saturated heterocycles. The Hall–Kier alpha value is -2.06. The highest BCUT2D eigenvalue weighted by Gasteiger charge is 2.53. The van der Waals surface area contributed by atoms with E-state index >= 15 is 0 Å². The largest absolute Gasteiger partial charge is 0.387 e. The first kappa shape index (κ1) is 23.1. The number of hydrogen-bond donors (Lipinski definition) is 1. The molecule has 0 radical (unpaired) electrons. The highest BCUT2D eigenvalue weighted by molar-refractivity contribution is 5.20. The van der Waals surface area contributed by atoms with E-state index < -0.39 is 36.5 Å². The average molecular weight is 441 g/mol. The number of fused-ring (bicyclic) bond motifs is 1. The zero-order chi connectivity index (χ0) is 22.4. The molecule has 2 aliphatic rings. The molecule has 0 spiro atoms. The summed E-state index contributed by atoms with van der Waals surface area (Å²) < 4.78 is 30.7. The third kappa shape index (κ3) is 5.29. The molecule has 2 heterocycles. The Morgan fingerprint density at radius 3 is 2.53 bits per heavy atom. The maximum absolute atomic E-state index is 11.3. The fraction of sp³-hybridized carbons (Fsp3) is 0.462. The Balaban J connectivity index is 1.49. The van der Waals surface area contributed by atoms with Crippen molar-refractivity contribution in [3.63, 3.8) is 0 Å². The monoisotopic (exact) mass is 440 g/mol. The summed E-state index contributed by atoms with van der Waals surface area (Å²) in [5.74, 6) is -0.978. The summed E-state index contributed by atoms with van der Waals surface area (Å²) in [6.45, 7) is 6.71. The molecule has 4 rings (SSSR count). The quantitative estimate of drug-likeness (QED) is 0.471. The van der Waals surface area contributed by atoms with Crippen LogP contribution in [0.25, 0.3) is 0 Å². The molecule has 1 N–H and O–H groups in total. The van der Waals surface area contributed by atoms with Gasteiger partial charge in [-0.15, -0.1) is 6.58 Å². The molecular formula is C26H32O6. The molecule has 0 bridgehead atoms. The van der Waals surface area contributed by atoms with Gasteiger partial charge in [-0.05, 0) is 25.3 Å². The van der Waals surface area contributed by atoms with Crippen LogP contribution in [0.4, 0.5) is 0 Å². The molecule has 0 amide bonds. The first-order chi connectivity index (χ1) is 15.6. The summed E-state index contributed by atoms with van der Waals surface area (Å²) in [7, 11) is 0. The fourth-order valence-corrected chi connectivity index (χ4v) is 4.11. The standard InChI is InChI=1S/C26H32O6/c1-3-4-11-16-28-25-24(29-17-19-12-7-5-8-13-19)22(27)23-21(31-25)18-30-26(2,32-23)20-14-9-6-10-15-20/h3,5-10,12-15,21-25,27H,1,4,11,16-18H2,2H3/t21-,22+,23-,24-,25?,26?/m1/s1. The summed E-state index contributed by atoms with van der Waals surface area (Å²) in [6.07, 6.45) is 0.106. The molecule has 172 valence electrons. The Kier molecular flexibility index (Phi) is 7.73. The van der Waals surface area contributed by atoms with E-state index in [2.05, 4.69) is 6.58 Å². The summed E-state index contributed by atoms with van der Waals surface area (Å²) in [5, 5.41) is 11.3. The number of benzene rings is 2. The van der Waals surface area contributed by atoms with Crippen molar-refractivity contribution in [1.82, 2.24) is 0 Å². The molecule has 2 aromatic rings. The SMILES string of the molecule is C=CCCCOC1O[C@@H]2COC(C)(c3ccccc3)O[C@H]2[C@H](O)[C@H]1OCc1ccccc1. The second kappa shape index (κ2) is 10.7. The van der Waals surface area contributed by atoms with Crippen LogP contribution in [-0.2, 0) is 36.1 Å². The van der Waals surface area contributed by atoms with Crippen LogP contribution in [-0.4, -0.2) is 49.0 Å². The summed E-state index contributed by atoms with van der Waals surface area (Å²) in [6, 6.07) is 19.6. The molecule has 6 nitrogen and oxygen atoms in total. The van der Waals surface area contributed by atoms with E-state index in [0.717, 1.165) is 24.0 Å². The lowest BCUT2D eigenvalue weighted by Gasteiger charge is -2.50. The molecule has 6 atom stereocenters. The lowest BCUT2D eigenvalue weighted by atomic mass is 9.95. The van der Waals surface area contributed by atoms with Crippen LogP contribution in [0.15, 0.2) is 73.3 Å². The Labute approximate surface area is 189 Å². The predicted molar refractivity (Wildman–Crippen MR) is 120 cm³/mol. The number of aliphatic hydroxyl groups excluding tert-OH is 1. The van der Waals surface area contributed by atoms with Crippen LogP contribution in [0.5, 0.6) is 0 Å². The predicted octanol–water partition coefficient (Wildman–Crippen LogP) is 3.93. The molecular weight excluding hydrogens is 408 g/mol. The number of allylic oxidation sites excluding steroid dienone is 1. The summed E-state index contributed by atoms with van der Waals surface area (Å²) in [4.78, 5) is 0. The van der Waals surface area contributed by atoms with Gasteiger partial charge in [-0.25, -0.2) is 0 Å². The highest BCUT2D eigenvalue weighted by Crippen LogP contribution is 2.39. The second-order valence-electron chi connectivity index (χ2n) is 8.30. The number of hydrogen-bond acceptors (Lipinski definition) is 6. The first-order valence-electron chi connectivity index (χ1n) is 11.2. The topological polar surface area (TPSA) is 66.4 Å². The van der Waals surface area contributed by atoms with Gasteiger partial charge in [0, 0.05) is 5.56 Å². The van der Waals surface area contributed by atoms with Crippen molar-refractivity contribution < 1.29 is 28.8 Å². The van der Waals surface area contributed by atoms with Crippen molar-refractivity contribution in [3.8, 4) is 0 Å². The van der Waals surface area contributed by atoms with Crippen molar-refractivity contribution in [2.45, 2.75) is 62.9 Å². The third-order valence-electron chi connectivity index (χ3n) is 5.92. The zero-order valence-corrected chi connectivity index (χ0v) is 18.5. The van der Waals surface area contributed by atoms with Gasteiger partial charge in [-0.2, -0.15) is 0 Å². The molecule has 0 aliphatic carbocycles. The number of ether oxygens (including phenoxy) is 5. The minimum atomic E-state index is -0.978. The van der Waals surface area contributed by atoms with Crippen molar-refractivity contribution in [1.29, 1.82) is 0 Å². The van der Waals surface area contributed by atoms with E-state index in [4.69, 9.17) is 23.7 Å². The molecule has 2 aromatic carbocycles. The molecule has 0 aromatic heterocycles. The van der Waals surface area contributed by atoms with Crippen molar-refractivity contribution in [2.24, 2.45) is 0 Å². The second-order valence-corrected chi connectivity index (χ2v) is 8.30. The van der Waals surface area contributed by atoms with Gasteiger partial charge in [-0.1, -0.05) is 66.7 Å². The van der Waals surface area contributed by atoms with E-state index in [1.54, 1.807) is 0 Å². The normalized spacial score (nSPS) is 32.2. The van der Waals surface area contributed by atoms with Gasteiger partial charge in [-0.3, -0.25) is 0 Å². The Morgan fingerprint density at radius 2 is 1.81 bits per heavy atom. The Morgan fingerprint density at radius 1 is 1.09 bits per heavy atom. The lowest BCUT2D eigenvalue weighted by Crippen LogP contribution is -2.65. The van der Waals surface area contributed by atoms with E-state index in [0.29, 0.717) is 13.2 Å². The first-order valence-corrected chi connectivity index (χ1v) is 11.2. The van der Waals surface area contributed by atoms with Gasteiger partial charge in [0.1, 0.15) is 24.4 Å². The third-order valence-corrected chi connectivity index (χ3v) is 5.92. The highest BCUT2D eigenvalue weighted by atomic mass is 16.8. The van der Waals surface area contributed by atoms with E-state index in [1.165, 1.54) is 0 Å². The van der Waals surface area contributed by atoms with Crippen molar-refractivity contribution in [2.75, 3.05) is 13.2 Å². The molecule has 2 fully saturated rings. The number of aliphatic hydroxyl groups is 1. The van der Waals surface area contributed by atoms with Crippen LogP contribution in [0.1, 0.15) is 30.9 Å². The minimum Gasteiger partial charge on any atom is -0.387 e. The molecule has 2 aliphatic heterocycles. The van der Waals surface area contributed by atoms with Gasteiger partial charge in [0.05, 0.1) is 19.8 Å². The van der Waals surface area contributed by atoms with Gasteiger partial charge in [0.25, 0.3) is 0 Å². The number of unbranched alkanes of at least 4 members (excludes halogenated alkanes) is 1. The maximum Gasteiger partial charge on any atom is 0.192 e. The minimum absolute atomic E-state index is 0.283. The van der Waals surface area contributed by atoms with Gasteiger partial charge in [0.15, 0.2) is 12.1 Å². The smallest absolute Gasteiger partial charge is 0.192 e. The van der Waals surface area contributed by atoms with Crippen LogP contribution in [0, 0.1) is 0 Å². The molecule has 0 saturated carbocycles. The van der Waals surface area contributed by atoms with Gasteiger partial charge < -0.3 is 28.8 Å². The molecule has 2 unspecified atom stereocenters.